The number of ether oxygens (including phenoxy) is 1. The Labute approximate surface area is 146 Å². The summed E-state index contributed by atoms with van der Waals surface area (Å²) in [6, 6.07) is 9.60. The number of allylic oxidation sites excluding steroid dienone is 2. The van der Waals surface area contributed by atoms with Crippen molar-refractivity contribution in [1.82, 2.24) is 9.88 Å². The molecule has 0 fully saturated rings. The smallest absolute Gasteiger partial charge is 0.251 e. The van der Waals surface area contributed by atoms with Crippen molar-refractivity contribution < 1.29 is 9.53 Å². The number of nitrogens with zero attached hydrogens (tertiary/aromatic N) is 2. The van der Waals surface area contributed by atoms with Gasteiger partial charge in [0.2, 0.25) is 0 Å². The van der Waals surface area contributed by atoms with Gasteiger partial charge in [0.1, 0.15) is 11.8 Å². The molecule has 0 aliphatic heterocycles. The Morgan fingerprint density at radius 1 is 1.28 bits per heavy atom. The summed E-state index contributed by atoms with van der Waals surface area (Å²) in [5.41, 5.74) is 2.92. The molecule has 1 aliphatic rings. The second kappa shape index (κ2) is 6.70. The van der Waals surface area contributed by atoms with E-state index in [1.807, 2.05) is 35.9 Å². The van der Waals surface area contributed by atoms with E-state index in [0.29, 0.717) is 11.1 Å². The second-order valence-corrected chi connectivity index (χ2v) is 5.74. The Morgan fingerprint density at radius 3 is 2.60 bits per heavy atom. The molecule has 0 saturated carbocycles. The molecule has 1 N–H and O–H groups in total. The predicted octanol–water partition coefficient (Wildman–Crippen LogP) is 1.42. The molecule has 5 nitrogen and oxygen atoms in total. The predicted molar refractivity (Wildman–Crippen MR) is 96.8 cm³/mol. The fourth-order valence-corrected chi connectivity index (χ4v) is 3.12. The number of hydrogen-bond donors (Lipinski definition) is 1. The average molecular weight is 333 g/mol. The lowest BCUT2D eigenvalue weighted by Crippen LogP contribution is -2.28. The highest BCUT2D eigenvalue weighted by atomic mass is 16.5. The van der Waals surface area contributed by atoms with Gasteiger partial charge >= 0.3 is 0 Å². The minimum Gasteiger partial charge on any atom is -0.497 e. The monoisotopic (exact) mass is 333 g/mol. The van der Waals surface area contributed by atoms with E-state index in [-0.39, 0.29) is 5.91 Å². The van der Waals surface area contributed by atoms with Crippen LogP contribution in [0.1, 0.15) is 22.3 Å². The van der Waals surface area contributed by atoms with Crippen molar-refractivity contribution in [2.75, 3.05) is 14.2 Å². The average Bonchev–Trinajstić information content (AvgIpc) is 2.79. The molecule has 5 heteroatoms. The number of nitrogens with one attached hydrogen (secondary N) is 1. The number of amides is 1. The summed E-state index contributed by atoms with van der Waals surface area (Å²) < 4.78 is 7.38. The van der Waals surface area contributed by atoms with Crippen LogP contribution in [0.2, 0.25) is 0 Å². The summed E-state index contributed by atoms with van der Waals surface area (Å²) in [7, 11) is 5.18. The van der Waals surface area contributed by atoms with E-state index in [0.717, 1.165) is 34.0 Å². The number of aromatic nitrogens is 1. The summed E-state index contributed by atoms with van der Waals surface area (Å²) in [5.74, 6) is 0.616. The van der Waals surface area contributed by atoms with E-state index in [9.17, 15) is 10.1 Å². The molecule has 1 aromatic heterocycles. The SMILES string of the molecule is CNC(=O)c1ccc(-c2c(C#N)c3c(n2C)=CCC=C(OC)C=3)cc1. The zero-order valence-electron chi connectivity index (χ0n) is 14.5. The highest BCUT2D eigenvalue weighted by Crippen LogP contribution is 2.21. The molecule has 2 aromatic rings. The van der Waals surface area contributed by atoms with Crippen LogP contribution in [0.4, 0.5) is 0 Å². The van der Waals surface area contributed by atoms with Gasteiger partial charge in [-0.25, -0.2) is 0 Å². The maximum atomic E-state index is 11.7. The first-order chi connectivity index (χ1) is 12.1. The van der Waals surface area contributed by atoms with Crippen LogP contribution in [0.3, 0.4) is 0 Å². The number of rotatable bonds is 3. The fraction of sp³-hybridized carbons (Fsp3) is 0.200. The molecule has 1 amide bonds. The summed E-state index contributed by atoms with van der Waals surface area (Å²) in [6.45, 7) is 0. The van der Waals surface area contributed by atoms with Crippen molar-refractivity contribution in [3.63, 3.8) is 0 Å². The van der Waals surface area contributed by atoms with Crippen molar-refractivity contribution in [1.29, 1.82) is 5.26 Å². The van der Waals surface area contributed by atoms with Crippen molar-refractivity contribution in [2.45, 2.75) is 6.42 Å². The molecule has 0 radical (unpaired) electrons. The quantitative estimate of drug-likeness (QED) is 0.924. The highest BCUT2D eigenvalue weighted by molar-refractivity contribution is 5.94. The maximum Gasteiger partial charge on any atom is 0.251 e. The van der Waals surface area contributed by atoms with Gasteiger partial charge in [-0.2, -0.15) is 5.26 Å². The second-order valence-electron chi connectivity index (χ2n) is 5.74. The number of carbonyl (C=O) groups excluding carboxylic acids is 1. The summed E-state index contributed by atoms with van der Waals surface area (Å²) in [6.07, 6.45) is 6.71. The van der Waals surface area contributed by atoms with Crippen LogP contribution in [0, 0.1) is 11.3 Å². The molecule has 0 unspecified atom stereocenters. The lowest BCUT2D eigenvalue weighted by Gasteiger charge is -2.06. The van der Waals surface area contributed by atoms with Gasteiger partial charge in [-0.3, -0.25) is 4.79 Å². The molecule has 0 saturated heterocycles. The Kier molecular flexibility index (Phi) is 4.44. The third kappa shape index (κ3) is 2.83. The molecule has 0 spiro atoms. The fourth-order valence-electron chi connectivity index (χ4n) is 3.12. The topological polar surface area (TPSA) is 67.0 Å². The van der Waals surface area contributed by atoms with Crippen LogP contribution in [0.5, 0.6) is 0 Å². The molecule has 3 rings (SSSR count). The molecule has 1 heterocycles. The number of carbonyl (C=O) groups is 1. The van der Waals surface area contributed by atoms with E-state index >= 15 is 0 Å². The molecular weight excluding hydrogens is 314 g/mol. The van der Waals surface area contributed by atoms with Gasteiger partial charge in [-0.05, 0) is 36.3 Å². The number of nitriles is 1. The number of hydrogen-bond acceptors (Lipinski definition) is 3. The van der Waals surface area contributed by atoms with Crippen molar-refractivity contribution in [3.05, 3.63) is 57.8 Å². The molecular formula is C20H19N3O2. The van der Waals surface area contributed by atoms with Gasteiger partial charge < -0.3 is 14.6 Å². The van der Waals surface area contributed by atoms with Gasteiger partial charge in [0.15, 0.2) is 0 Å². The minimum absolute atomic E-state index is 0.133. The molecule has 1 aliphatic carbocycles. The zero-order chi connectivity index (χ0) is 18.0. The van der Waals surface area contributed by atoms with Crippen molar-refractivity contribution >= 4 is 18.1 Å². The Bertz CT molecular complexity index is 1020. The third-order valence-electron chi connectivity index (χ3n) is 4.39. The van der Waals surface area contributed by atoms with Gasteiger partial charge in [0.25, 0.3) is 5.91 Å². The van der Waals surface area contributed by atoms with Crippen LogP contribution in [-0.2, 0) is 11.8 Å². The minimum atomic E-state index is -0.133. The Balaban J connectivity index is 2.23. The Morgan fingerprint density at radius 2 is 2.00 bits per heavy atom. The van der Waals surface area contributed by atoms with E-state index in [4.69, 9.17) is 4.74 Å². The molecule has 126 valence electrons. The summed E-state index contributed by atoms with van der Waals surface area (Å²) in [5, 5.41) is 14.2. The zero-order valence-corrected chi connectivity index (χ0v) is 14.5. The lowest BCUT2D eigenvalue weighted by molar-refractivity contribution is 0.0963. The highest BCUT2D eigenvalue weighted by Gasteiger charge is 2.16. The molecule has 25 heavy (non-hydrogen) atoms. The standard InChI is InChI=1S/C20H19N3O2/c1-22-20(24)14-9-7-13(8-10-14)19-17(12-21)16-11-15(25-3)5-4-6-18(16)23(19)2/h5-11H,4H2,1-3H3,(H,22,24). The number of methoxy groups -OCH3 is 1. The maximum absolute atomic E-state index is 11.7. The lowest BCUT2D eigenvalue weighted by atomic mass is 10.0. The number of fused-ring (bicyclic) bond motifs is 1. The van der Waals surface area contributed by atoms with Crippen molar-refractivity contribution in [3.8, 4) is 17.3 Å². The summed E-state index contributed by atoms with van der Waals surface area (Å²) >= 11 is 0. The van der Waals surface area contributed by atoms with Crippen LogP contribution < -0.4 is 15.9 Å². The largest absolute Gasteiger partial charge is 0.497 e. The van der Waals surface area contributed by atoms with E-state index in [1.165, 1.54) is 0 Å². The van der Waals surface area contributed by atoms with Crippen LogP contribution >= 0.6 is 0 Å². The van der Waals surface area contributed by atoms with Gasteiger partial charge in [-0.15, -0.1) is 0 Å². The number of benzene rings is 1. The van der Waals surface area contributed by atoms with Gasteiger partial charge in [0.05, 0.1) is 18.4 Å². The summed E-state index contributed by atoms with van der Waals surface area (Å²) in [4.78, 5) is 11.7. The molecule has 1 aromatic carbocycles. The van der Waals surface area contributed by atoms with Crippen LogP contribution in [0.25, 0.3) is 23.4 Å². The molecule has 0 bridgehead atoms. The Hall–Kier alpha value is -3.26. The van der Waals surface area contributed by atoms with Gasteiger partial charge in [0, 0.05) is 30.2 Å². The normalized spacial score (nSPS) is 12.6. The first-order valence-corrected chi connectivity index (χ1v) is 7.98. The van der Waals surface area contributed by atoms with E-state index < -0.39 is 0 Å². The first kappa shape index (κ1) is 16.6. The van der Waals surface area contributed by atoms with Crippen molar-refractivity contribution in [2.24, 2.45) is 7.05 Å². The van der Waals surface area contributed by atoms with Crippen LogP contribution in [-0.4, -0.2) is 24.6 Å². The van der Waals surface area contributed by atoms with Gasteiger partial charge in [-0.1, -0.05) is 18.2 Å². The van der Waals surface area contributed by atoms with E-state index in [1.54, 1.807) is 26.3 Å². The molecule has 0 atom stereocenters. The van der Waals surface area contributed by atoms with Crippen LogP contribution in [0.15, 0.2) is 36.1 Å². The first-order valence-electron chi connectivity index (χ1n) is 7.98. The van der Waals surface area contributed by atoms with E-state index in [2.05, 4.69) is 17.5 Å². The third-order valence-corrected chi connectivity index (χ3v) is 4.39.